The third-order valence-electron chi connectivity index (χ3n) is 3.88. The molecule has 0 atom stereocenters. The van der Waals surface area contributed by atoms with Gasteiger partial charge in [-0.2, -0.15) is 0 Å². The van der Waals surface area contributed by atoms with Crippen LogP contribution in [0.25, 0.3) is 15.9 Å². The molecule has 23 heavy (non-hydrogen) atoms. The minimum atomic E-state index is -0.127. The second kappa shape index (κ2) is 6.50. The lowest BCUT2D eigenvalue weighted by Crippen LogP contribution is -2.31. The molecule has 120 valence electrons. The Bertz CT molecular complexity index is 913. The van der Waals surface area contributed by atoms with Gasteiger partial charge in [0.05, 0.1) is 10.3 Å². The van der Waals surface area contributed by atoms with Crippen molar-refractivity contribution in [3.05, 3.63) is 45.7 Å². The Kier molecular flexibility index (Phi) is 4.43. The van der Waals surface area contributed by atoms with E-state index in [1.165, 1.54) is 15.7 Å². The zero-order valence-corrected chi connectivity index (χ0v) is 14.1. The van der Waals surface area contributed by atoms with E-state index in [0.29, 0.717) is 27.3 Å². The van der Waals surface area contributed by atoms with Gasteiger partial charge in [-0.15, -0.1) is 11.3 Å². The average molecular weight is 329 g/mol. The highest BCUT2D eigenvalue weighted by molar-refractivity contribution is 7.20. The number of carbonyl (C=O) groups is 1. The first-order chi connectivity index (χ1) is 11.2. The van der Waals surface area contributed by atoms with Crippen molar-refractivity contribution in [3.63, 3.8) is 0 Å². The van der Waals surface area contributed by atoms with Crippen molar-refractivity contribution >= 4 is 33.1 Å². The van der Waals surface area contributed by atoms with E-state index in [0.717, 1.165) is 19.4 Å². The average Bonchev–Trinajstić information content (AvgIpc) is 3.00. The molecule has 0 aromatic carbocycles. The van der Waals surface area contributed by atoms with Crippen LogP contribution in [0.2, 0.25) is 0 Å². The van der Waals surface area contributed by atoms with Gasteiger partial charge in [0, 0.05) is 19.3 Å². The summed E-state index contributed by atoms with van der Waals surface area (Å²) >= 11 is 1.30. The fourth-order valence-corrected chi connectivity index (χ4v) is 3.56. The third-order valence-corrected chi connectivity index (χ3v) is 4.89. The van der Waals surface area contributed by atoms with Crippen molar-refractivity contribution in [2.45, 2.75) is 26.7 Å². The van der Waals surface area contributed by atoms with Gasteiger partial charge in [0.15, 0.2) is 0 Å². The number of thiophene rings is 1. The smallest absolute Gasteiger partial charge is 0.266 e. The molecule has 0 fully saturated rings. The first-order valence-electron chi connectivity index (χ1n) is 7.86. The largest absolute Gasteiger partial charge is 0.338 e. The Balaban J connectivity index is 2.06. The summed E-state index contributed by atoms with van der Waals surface area (Å²) < 4.78 is 1.51. The lowest BCUT2D eigenvalue weighted by Gasteiger charge is -2.19. The van der Waals surface area contributed by atoms with Crippen LogP contribution in [-0.4, -0.2) is 33.3 Å². The Morgan fingerprint density at radius 1 is 1.35 bits per heavy atom. The van der Waals surface area contributed by atoms with Crippen molar-refractivity contribution < 1.29 is 4.79 Å². The van der Waals surface area contributed by atoms with Gasteiger partial charge in [0.1, 0.15) is 10.5 Å². The lowest BCUT2D eigenvalue weighted by atomic mass is 10.3. The summed E-state index contributed by atoms with van der Waals surface area (Å²) in [5.74, 6) is -0.0163. The van der Waals surface area contributed by atoms with E-state index < -0.39 is 0 Å². The number of fused-ring (bicyclic) bond motifs is 2. The predicted octanol–water partition coefficient (Wildman–Crippen LogP) is 3.17. The zero-order valence-electron chi connectivity index (χ0n) is 13.3. The fourth-order valence-electron chi connectivity index (χ4n) is 2.56. The van der Waals surface area contributed by atoms with Crippen LogP contribution in [0.15, 0.2) is 35.3 Å². The van der Waals surface area contributed by atoms with Crippen LogP contribution in [0, 0.1) is 0 Å². The van der Waals surface area contributed by atoms with Crippen molar-refractivity contribution in [2.24, 2.45) is 0 Å². The third kappa shape index (κ3) is 2.86. The molecule has 3 heterocycles. The van der Waals surface area contributed by atoms with E-state index in [-0.39, 0.29) is 11.5 Å². The van der Waals surface area contributed by atoms with Crippen LogP contribution in [0.1, 0.15) is 36.4 Å². The molecule has 3 aromatic heterocycles. The van der Waals surface area contributed by atoms with Crippen LogP contribution in [0.4, 0.5) is 0 Å². The van der Waals surface area contributed by atoms with Gasteiger partial charge in [-0.05, 0) is 31.5 Å². The van der Waals surface area contributed by atoms with Gasteiger partial charge in [-0.25, -0.2) is 4.98 Å². The number of aromatic nitrogens is 2. The van der Waals surface area contributed by atoms with Gasteiger partial charge in [-0.3, -0.25) is 14.0 Å². The number of carbonyl (C=O) groups excluding carboxylic acids is 1. The monoisotopic (exact) mass is 329 g/mol. The van der Waals surface area contributed by atoms with Gasteiger partial charge in [-0.1, -0.05) is 19.4 Å². The van der Waals surface area contributed by atoms with E-state index >= 15 is 0 Å². The van der Waals surface area contributed by atoms with E-state index in [4.69, 9.17) is 0 Å². The maximum absolute atomic E-state index is 12.7. The van der Waals surface area contributed by atoms with Crippen molar-refractivity contribution in [2.75, 3.05) is 13.1 Å². The molecule has 0 saturated carbocycles. The predicted molar refractivity (Wildman–Crippen MR) is 93.3 cm³/mol. The van der Waals surface area contributed by atoms with Crippen LogP contribution in [0.3, 0.4) is 0 Å². The standard InChI is InChI=1S/C17H19N3O2S/c1-3-5-9-19(4-2)17(22)13-11-12-15(23-13)18-14-8-6-7-10-20(14)16(12)21/h6-8,10-11H,3-5,9H2,1-2H3. The summed E-state index contributed by atoms with van der Waals surface area (Å²) in [5.41, 5.74) is 0.474. The van der Waals surface area contributed by atoms with E-state index in [2.05, 4.69) is 11.9 Å². The van der Waals surface area contributed by atoms with Crippen LogP contribution >= 0.6 is 11.3 Å². The SMILES string of the molecule is CCCCN(CC)C(=O)c1cc2c(=O)n3ccccc3nc2s1. The molecule has 0 aliphatic rings. The molecule has 5 nitrogen and oxygen atoms in total. The zero-order chi connectivity index (χ0) is 16.4. The first-order valence-corrected chi connectivity index (χ1v) is 8.67. The van der Waals surface area contributed by atoms with Crippen molar-refractivity contribution in [3.8, 4) is 0 Å². The maximum atomic E-state index is 12.7. The number of hydrogen-bond donors (Lipinski definition) is 0. The Labute approximate surface area is 138 Å². The first kappa shape index (κ1) is 15.7. The van der Waals surface area contributed by atoms with Crippen LogP contribution in [0.5, 0.6) is 0 Å². The highest BCUT2D eigenvalue weighted by Crippen LogP contribution is 2.23. The highest BCUT2D eigenvalue weighted by Gasteiger charge is 2.18. The quantitative estimate of drug-likeness (QED) is 0.722. The molecule has 0 N–H and O–H groups in total. The Morgan fingerprint density at radius 3 is 2.91 bits per heavy atom. The van der Waals surface area contributed by atoms with E-state index in [1.807, 2.05) is 17.9 Å². The lowest BCUT2D eigenvalue weighted by molar-refractivity contribution is 0.0767. The number of pyridine rings is 1. The van der Waals surface area contributed by atoms with Crippen LogP contribution < -0.4 is 5.56 Å². The molecule has 0 unspecified atom stereocenters. The molecule has 3 rings (SSSR count). The molecule has 0 spiro atoms. The minimum absolute atomic E-state index is 0.0163. The molecule has 1 amide bonds. The number of amides is 1. The molecule has 0 aliphatic heterocycles. The van der Waals surface area contributed by atoms with Gasteiger partial charge in [0.25, 0.3) is 11.5 Å². The molecule has 0 saturated heterocycles. The number of hydrogen-bond acceptors (Lipinski definition) is 4. The molecule has 0 aliphatic carbocycles. The topological polar surface area (TPSA) is 54.7 Å². The Morgan fingerprint density at radius 2 is 2.17 bits per heavy atom. The summed E-state index contributed by atoms with van der Waals surface area (Å²) in [7, 11) is 0. The minimum Gasteiger partial charge on any atom is -0.338 e. The van der Waals surface area contributed by atoms with E-state index in [1.54, 1.807) is 24.4 Å². The number of unbranched alkanes of at least 4 members (excludes halogenated alkanes) is 1. The maximum Gasteiger partial charge on any atom is 0.266 e. The summed E-state index contributed by atoms with van der Waals surface area (Å²) in [4.78, 5) is 32.7. The summed E-state index contributed by atoms with van der Waals surface area (Å²) in [6.07, 6.45) is 3.72. The second-order valence-electron chi connectivity index (χ2n) is 5.41. The molecular weight excluding hydrogens is 310 g/mol. The molecule has 0 radical (unpaired) electrons. The molecule has 0 bridgehead atoms. The van der Waals surface area contributed by atoms with Gasteiger partial charge >= 0.3 is 0 Å². The van der Waals surface area contributed by atoms with Gasteiger partial charge in [0.2, 0.25) is 0 Å². The number of rotatable bonds is 5. The fraction of sp³-hybridized carbons (Fsp3) is 0.353. The summed E-state index contributed by atoms with van der Waals surface area (Å²) in [6, 6.07) is 7.12. The normalized spacial score (nSPS) is 11.2. The van der Waals surface area contributed by atoms with Crippen molar-refractivity contribution in [1.82, 2.24) is 14.3 Å². The molecule has 6 heteroatoms. The van der Waals surface area contributed by atoms with Gasteiger partial charge < -0.3 is 4.90 Å². The number of nitrogens with zero attached hydrogens (tertiary/aromatic N) is 3. The summed E-state index contributed by atoms with van der Waals surface area (Å²) in [5, 5.41) is 0.508. The highest BCUT2D eigenvalue weighted by atomic mass is 32.1. The molecular formula is C17H19N3O2S. The van der Waals surface area contributed by atoms with Crippen molar-refractivity contribution in [1.29, 1.82) is 0 Å². The van der Waals surface area contributed by atoms with E-state index in [9.17, 15) is 9.59 Å². The second-order valence-corrected chi connectivity index (χ2v) is 6.44. The Hall–Kier alpha value is -2.21. The van der Waals surface area contributed by atoms with Crippen LogP contribution in [-0.2, 0) is 0 Å². The molecule has 3 aromatic rings. The summed E-state index contributed by atoms with van der Waals surface area (Å²) in [6.45, 7) is 5.49.